The normalized spacial score (nSPS) is 14.9. The average Bonchev–Trinajstić information content (AvgIpc) is 2.70. The van der Waals surface area contributed by atoms with E-state index in [0.717, 1.165) is 19.5 Å². The number of nitrogens with one attached hydrogen (secondary N) is 1. The Hall–Kier alpha value is -2.67. The third kappa shape index (κ3) is 4.25. The van der Waals surface area contributed by atoms with Crippen LogP contribution in [0.4, 0.5) is 0 Å². The molecule has 150 valence electrons. The van der Waals surface area contributed by atoms with E-state index in [4.69, 9.17) is 4.74 Å². The Morgan fingerprint density at radius 1 is 1.21 bits per heavy atom. The fraction of sp³-hybridized carbons (Fsp3) is 0.476. The summed E-state index contributed by atoms with van der Waals surface area (Å²) in [5.74, 6) is 1.03. The van der Waals surface area contributed by atoms with Gasteiger partial charge in [0.25, 0.3) is 11.5 Å². The van der Waals surface area contributed by atoms with Crippen molar-refractivity contribution in [3.05, 3.63) is 45.4 Å². The largest absolute Gasteiger partial charge is 0.493 e. The van der Waals surface area contributed by atoms with Gasteiger partial charge >= 0.3 is 0 Å². The SMILES string of the molecule is CCCOc1ccc(C(=O)N2CCN(C)CC2)cc1-c1nc(C)c(C)c(=O)[nH]1. The zero-order chi connectivity index (χ0) is 20.3. The highest BCUT2D eigenvalue weighted by Crippen LogP contribution is 2.29. The van der Waals surface area contributed by atoms with Gasteiger partial charge in [-0.25, -0.2) is 4.98 Å². The van der Waals surface area contributed by atoms with Crippen LogP contribution in [0.1, 0.15) is 35.0 Å². The van der Waals surface area contributed by atoms with Gasteiger partial charge in [-0.2, -0.15) is 0 Å². The highest BCUT2D eigenvalue weighted by molar-refractivity contribution is 5.96. The summed E-state index contributed by atoms with van der Waals surface area (Å²) in [6.45, 7) is 9.27. The van der Waals surface area contributed by atoms with Crippen LogP contribution in [0.5, 0.6) is 5.75 Å². The molecule has 1 fully saturated rings. The molecular formula is C21H28N4O3. The second kappa shape index (κ2) is 8.56. The number of amides is 1. The summed E-state index contributed by atoms with van der Waals surface area (Å²) in [7, 11) is 2.06. The number of rotatable bonds is 5. The molecule has 0 aliphatic carbocycles. The Morgan fingerprint density at radius 2 is 1.93 bits per heavy atom. The molecule has 7 heteroatoms. The monoisotopic (exact) mass is 384 g/mol. The van der Waals surface area contributed by atoms with Gasteiger partial charge in [0, 0.05) is 43.0 Å². The fourth-order valence-electron chi connectivity index (χ4n) is 3.15. The van der Waals surface area contributed by atoms with Crippen LogP contribution >= 0.6 is 0 Å². The molecule has 1 N–H and O–H groups in total. The molecule has 0 atom stereocenters. The number of hydrogen-bond acceptors (Lipinski definition) is 5. The summed E-state index contributed by atoms with van der Waals surface area (Å²) in [6.07, 6.45) is 0.859. The van der Waals surface area contributed by atoms with E-state index in [1.54, 1.807) is 32.0 Å². The molecule has 0 spiro atoms. The van der Waals surface area contributed by atoms with E-state index in [2.05, 4.69) is 21.9 Å². The summed E-state index contributed by atoms with van der Waals surface area (Å²) < 4.78 is 5.85. The van der Waals surface area contributed by atoms with Gasteiger partial charge in [0.15, 0.2) is 0 Å². The number of piperazine rings is 1. The minimum absolute atomic E-state index is 0.0115. The molecular weight excluding hydrogens is 356 g/mol. The number of likely N-dealkylation sites (N-methyl/N-ethyl adjacent to an activating group) is 1. The zero-order valence-corrected chi connectivity index (χ0v) is 17.0. The second-order valence-electron chi connectivity index (χ2n) is 7.28. The van der Waals surface area contributed by atoms with Gasteiger partial charge in [-0.05, 0) is 45.5 Å². The van der Waals surface area contributed by atoms with E-state index in [9.17, 15) is 9.59 Å². The van der Waals surface area contributed by atoms with Crippen LogP contribution in [0.25, 0.3) is 11.4 Å². The van der Waals surface area contributed by atoms with Crippen molar-refractivity contribution < 1.29 is 9.53 Å². The van der Waals surface area contributed by atoms with E-state index in [1.165, 1.54) is 0 Å². The first kappa shape index (κ1) is 20.1. The molecule has 28 heavy (non-hydrogen) atoms. The second-order valence-corrected chi connectivity index (χ2v) is 7.28. The first-order valence-electron chi connectivity index (χ1n) is 9.73. The van der Waals surface area contributed by atoms with E-state index >= 15 is 0 Å². The molecule has 1 saturated heterocycles. The van der Waals surface area contributed by atoms with E-state index in [1.807, 2.05) is 11.8 Å². The maximum Gasteiger partial charge on any atom is 0.254 e. The number of nitrogens with zero attached hydrogens (tertiary/aromatic N) is 3. The van der Waals surface area contributed by atoms with Gasteiger partial charge in [-0.15, -0.1) is 0 Å². The Bertz CT molecular complexity index is 914. The lowest BCUT2D eigenvalue weighted by Crippen LogP contribution is -2.47. The van der Waals surface area contributed by atoms with Gasteiger partial charge in [0.05, 0.1) is 12.2 Å². The van der Waals surface area contributed by atoms with Gasteiger partial charge in [-0.1, -0.05) is 6.92 Å². The minimum Gasteiger partial charge on any atom is -0.493 e. The van der Waals surface area contributed by atoms with Crippen LogP contribution in [0.3, 0.4) is 0 Å². The van der Waals surface area contributed by atoms with E-state index < -0.39 is 0 Å². The molecule has 1 aromatic carbocycles. The number of hydrogen-bond donors (Lipinski definition) is 1. The van der Waals surface area contributed by atoms with Gasteiger partial charge in [-0.3, -0.25) is 9.59 Å². The molecule has 3 rings (SSSR count). The van der Waals surface area contributed by atoms with Crippen LogP contribution in [-0.2, 0) is 0 Å². The van der Waals surface area contributed by atoms with Gasteiger partial charge in [0.2, 0.25) is 0 Å². The van der Waals surface area contributed by atoms with Gasteiger partial charge < -0.3 is 19.5 Å². The quantitative estimate of drug-likeness (QED) is 0.855. The van der Waals surface area contributed by atoms with Crippen molar-refractivity contribution >= 4 is 5.91 Å². The van der Waals surface area contributed by atoms with Crippen LogP contribution in [0, 0.1) is 13.8 Å². The Labute approximate surface area is 165 Å². The van der Waals surface area contributed by atoms with Crippen LogP contribution in [-0.4, -0.2) is 65.5 Å². The standard InChI is InChI=1S/C21H28N4O3/c1-5-12-28-18-7-6-16(21(27)25-10-8-24(4)9-11-25)13-17(18)19-22-15(3)14(2)20(26)23-19/h6-7,13H,5,8-12H2,1-4H3,(H,22,23,26). The molecule has 2 heterocycles. The third-order valence-electron chi connectivity index (χ3n) is 5.13. The molecule has 7 nitrogen and oxygen atoms in total. The molecule has 1 aliphatic heterocycles. The Balaban J connectivity index is 2.00. The molecule has 1 aliphatic rings. The molecule has 0 radical (unpaired) electrons. The lowest BCUT2D eigenvalue weighted by Gasteiger charge is -2.32. The number of aromatic nitrogens is 2. The first-order chi connectivity index (χ1) is 13.4. The van der Waals surface area contributed by atoms with Crippen molar-refractivity contribution in [3.63, 3.8) is 0 Å². The third-order valence-corrected chi connectivity index (χ3v) is 5.13. The highest BCUT2D eigenvalue weighted by Gasteiger charge is 2.22. The van der Waals surface area contributed by atoms with Crippen molar-refractivity contribution in [3.8, 4) is 17.1 Å². The van der Waals surface area contributed by atoms with Crippen molar-refractivity contribution in [2.75, 3.05) is 39.8 Å². The van der Waals surface area contributed by atoms with Crippen LogP contribution in [0.2, 0.25) is 0 Å². The minimum atomic E-state index is -0.181. The first-order valence-corrected chi connectivity index (χ1v) is 9.73. The Morgan fingerprint density at radius 3 is 2.57 bits per heavy atom. The van der Waals surface area contributed by atoms with E-state index in [-0.39, 0.29) is 11.5 Å². The van der Waals surface area contributed by atoms with Crippen molar-refractivity contribution in [1.29, 1.82) is 0 Å². The number of aromatic amines is 1. The molecule has 0 unspecified atom stereocenters. The number of ether oxygens (including phenoxy) is 1. The van der Waals surface area contributed by atoms with Crippen LogP contribution < -0.4 is 10.3 Å². The summed E-state index contributed by atoms with van der Waals surface area (Å²) in [5, 5.41) is 0. The number of carbonyl (C=O) groups is 1. The lowest BCUT2D eigenvalue weighted by atomic mass is 10.1. The lowest BCUT2D eigenvalue weighted by molar-refractivity contribution is 0.0664. The summed E-state index contributed by atoms with van der Waals surface area (Å²) in [6, 6.07) is 5.36. The summed E-state index contributed by atoms with van der Waals surface area (Å²) in [4.78, 5) is 36.6. The zero-order valence-electron chi connectivity index (χ0n) is 17.0. The van der Waals surface area contributed by atoms with Crippen molar-refractivity contribution in [1.82, 2.24) is 19.8 Å². The molecule has 0 saturated carbocycles. The number of H-pyrrole nitrogens is 1. The molecule has 2 aromatic rings. The number of benzene rings is 1. The Kier molecular flexibility index (Phi) is 6.14. The van der Waals surface area contributed by atoms with Crippen LogP contribution in [0.15, 0.2) is 23.0 Å². The van der Waals surface area contributed by atoms with E-state index in [0.29, 0.717) is 53.7 Å². The molecule has 0 bridgehead atoms. The number of carbonyl (C=O) groups excluding carboxylic acids is 1. The molecule has 1 aromatic heterocycles. The van der Waals surface area contributed by atoms with Gasteiger partial charge in [0.1, 0.15) is 11.6 Å². The number of aryl methyl sites for hydroxylation is 1. The average molecular weight is 384 g/mol. The topological polar surface area (TPSA) is 78.5 Å². The van der Waals surface area contributed by atoms with Crippen molar-refractivity contribution in [2.24, 2.45) is 0 Å². The van der Waals surface area contributed by atoms with Crippen molar-refractivity contribution in [2.45, 2.75) is 27.2 Å². The summed E-state index contributed by atoms with van der Waals surface area (Å²) >= 11 is 0. The highest BCUT2D eigenvalue weighted by atomic mass is 16.5. The maximum absolute atomic E-state index is 13.0. The maximum atomic E-state index is 13.0. The molecule has 1 amide bonds. The predicted molar refractivity (Wildman–Crippen MR) is 109 cm³/mol. The smallest absolute Gasteiger partial charge is 0.254 e. The summed E-state index contributed by atoms with van der Waals surface area (Å²) in [5.41, 5.74) is 2.28. The fourth-order valence-corrected chi connectivity index (χ4v) is 3.15. The predicted octanol–water partition coefficient (Wildman–Crippen LogP) is 2.23.